The molecule has 1 aromatic carbocycles. The Morgan fingerprint density at radius 3 is 2.62 bits per heavy atom. The van der Waals surface area contributed by atoms with Crippen molar-refractivity contribution in [2.75, 3.05) is 0 Å². The van der Waals surface area contributed by atoms with E-state index >= 15 is 0 Å². The maximum atomic E-state index is 6.41. The summed E-state index contributed by atoms with van der Waals surface area (Å²) in [6, 6.07) is 6.42. The summed E-state index contributed by atoms with van der Waals surface area (Å²) in [4.78, 5) is 0. The molecule has 2 aliphatic rings. The number of rotatable bonds is 1. The zero-order valence-electron chi connectivity index (χ0n) is 10.0. The predicted molar refractivity (Wildman–Crippen MR) is 64.6 cm³/mol. The predicted octanol–water partition coefficient (Wildman–Crippen LogP) is 2.74. The van der Waals surface area contributed by atoms with E-state index in [1.807, 2.05) is 0 Å². The van der Waals surface area contributed by atoms with Gasteiger partial charge in [-0.1, -0.05) is 18.2 Å². The first kappa shape index (κ1) is 10.2. The molecule has 1 fully saturated rings. The van der Waals surface area contributed by atoms with Gasteiger partial charge in [-0.2, -0.15) is 0 Å². The zero-order valence-corrected chi connectivity index (χ0v) is 10.0. The van der Waals surface area contributed by atoms with Crippen LogP contribution in [0.3, 0.4) is 0 Å². The number of nitrogens with two attached hydrogens (primary N) is 1. The molecule has 1 aliphatic heterocycles. The standard InChI is InChI=1S/C14H19NO/c1-13(2)9-10-5-3-6-11(12(10)16-13)14(15)7-4-8-14/h3,5-6H,4,7-9,15H2,1-2H3. The lowest BCUT2D eigenvalue weighted by Gasteiger charge is -2.39. The number of ether oxygens (including phenoxy) is 1. The average molecular weight is 217 g/mol. The fraction of sp³-hybridized carbons (Fsp3) is 0.571. The van der Waals surface area contributed by atoms with Crippen molar-refractivity contribution in [2.45, 2.75) is 50.7 Å². The number of benzene rings is 1. The van der Waals surface area contributed by atoms with Crippen LogP contribution in [0.15, 0.2) is 18.2 Å². The Kier molecular flexibility index (Phi) is 1.91. The molecule has 0 bridgehead atoms. The number of fused-ring (bicyclic) bond motifs is 1. The monoisotopic (exact) mass is 217 g/mol. The fourth-order valence-corrected chi connectivity index (χ4v) is 2.83. The third-order valence-electron chi connectivity index (χ3n) is 3.87. The molecule has 1 aliphatic carbocycles. The van der Waals surface area contributed by atoms with Gasteiger partial charge in [-0.05, 0) is 38.7 Å². The molecule has 0 amide bonds. The van der Waals surface area contributed by atoms with Gasteiger partial charge in [-0.15, -0.1) is 0 Å². The minimum atomic E-state index is -0.119. The molecule has 2 N–H and O–H groups in total. The Morgan fingerprint density at radius 1 is 1.25 bits per heavy atom. The number of para-hydroxylation sites is 1. The van der Waals surface area contributed by atoms with Crippen LogP contribution in [-0.4, -0.2) is 5.60 Å². The maximum Gasteiger partial charge on any atom is 0.128 e. The first-order chi connectivity index (χ1) is 7.50. The fourth-order valence-electron chi connectivity index (χ4n) is 2.83. The van der Waals surface area contributed by atoms with Gasteiger partial charge in [-0.25, -0.2) is 0 Å². The van der Waals surface area contributed by atoms with Crippen LogP contribution < -0.4 is 10.5 Å². The van der Waals surface area contributed by atoms with Crippen molar-refractivity contribution in [2.24, 2.45) is 5.73 Å². The smallest absolute Gasteiger partial charge is 0.128 e. The lowest BCUT2D eigenvalue weighted by molar-refractivity contribution is 0.131. The summed E-state index contributed by atoms with van der Waals surface area (Å²) in [7, 11) is 0. The van der Waals surface area contributed by atoms with Gasteiger partial charge in [0.25, 0.3) is 0 Å². The highest BCUT2D eigenvalue weighted by Crippen LogP contribution is 2.47. The summed E-state index contributed by atoms with van der Waals surface area (Å²) >= 11 is 0. The summed E-state index contributed by atoms with van der Waals surface area (Å²) in [5, 5.41) is 0. The molecular formula is C14H19NO. The second-order valence-electron chi connectivity index (χ2n) is 5.84. The van der Waals surface area contributed by atoms with Crippen molar-refractivity contribution >= 4 is 0 Å². The second kappa shape index (κ2) is 3.01. The molecule has 0 spiro atoms. The van der Waals surface area contributed by atoms with Crippen LogP contribution in [0, 0.1) is 0 Å². The third-order valence-corrected chi connectivity index (χ3v) is 3.87. The van der Waals surface area contributed by atoms with Crippen LogP contribution in [-0.2, 0) is 12.0 Å². The maximum absolute atomic E-state index is 6.41. The van der Waals surface area contributed by atoms with Crippen LogP contribution >= 0.6 is 0 Å². The minimum absolute atomic E-state index is 0.0709. The molecule has 16 heavy (non-hydrogen) atoms. The summed E-state index contributed by atoms with van der Waals surface area (Å²) in [6.07, 6.45) is 4.41. The van der Waals surface area contributed by atoms with E-state index in [2.05, 4.69) is 32.0 Å². The van der Waals surface area contributed by atoms with Crippen LogP contribution in [0.5, 0.6) is 5.75 Å². The molecule has 0 aromatic heterocycles. The second-order valence-corrected chi connectivity index (χ2v) is 5.84. The topological polar surface area (TPSA) is 35.2 Å². The van der Waals surface area contributed by atoms with E-state index in [1.165, 1.54) is 17.5 Å². The van der Waals surface area contributed by atoms with E-state index in [9.17, 15) is 0 Å². The molecule has 1 saturated carbocycles. The van der Waals surface area contributed by atoms with Gasteiger partial charge in [0.05, 0.1) is 0 Å². The lowest BCUT2D eigenvalue weighted by Crippen LogP contribution is -2.43. The highest BCUT2D eigenvalue weighted by atomic mass is 16.5. The molecule has 0 atom stereocenters. The van der Waals surface area contributed by atoms with Gasteiger partial charge >= 0.3 is 0 Å². The van der Waals surface area contributed by atoms with Crippen molar-refractivity contribution in [1.82, 2.24) is 0 Å². The third kappa shape index (κ3) is 1.36. The van der Waals surface area contributed by atoms with Gasteiger partial charge in [-0.3, -0.25) is 0 Å². The minimum Gasteiger partial charge on any atom is -0.487 e. The summed E-state index contributed by atoms with van der Waals surface area (Å²) in [5.41, 5.74) is 8.76. The average Bonchev–Trinajstić information content (AvgIpc) is 2.47. The SMILES string of the molecule is CC1(C)Cc2cccc(C3(N)CCC3)c2O1. The van der Waals surface area contributed by atoms with Gasteiger partial charge in [0.2, 0.25) is 0 Å². The summed E-state index contributed by atoms with van der Waals surface area (Å²) in [6.45, 7) is 4.28. The van der Waals surface area contributed by atoms with E-state index in [-0.39, 0.29) is 11.1 Å². The first-order valence-electron chi connectivity index (χ1n) is 6.11. The van der Waals surface area contributed by atoms with Gasteiger partial charge < -0.3 is 10.5 Å². The number of hydrogen-bond acceptors (Lipinski definition) is 2. The van der Waals surface area contributed by atoms with Gasteiger partial charge in [0.1, 0.15) is 11.4 Å². The van der Waals surface area contributed by atoms with Crippen LogP contribution in [0.4, 0.5) is 0 Å². The Bertz CT molecular complexity index is 432. The summed E-state index contributed by atoms with van der Waals surface area (Å²) < 4.78 is 6.07. The molecule has 1 aromatic rings. The van der Waals surface area contributed by atoms with Crippen molar-refractivity contribution < 1.29 is 4.74 Å². The van der Waals surface area contributed by atoms with Gasteiger partial charge in [0, 0.05) is 17.5 Å². The summed E-state index contributed by atoms with van der Waals surface area (Å²) in [5.74, 6) is 1.06. The molecule has 0 saturated heterocycles. The molecule has 0 radical (unpaired) electrons. The molecule has 3 rings (SSSR count). The van der Waals surface area contributed by atoms with Gasteiger partial charge in [0.15, 0.2) is 0 Å². The van der Waals surface area contributed by atoms with E-state index in [4.69, 9.17) is 10.5 Å². The van der Waals surface area contributed by atoms with Crippen LogP contribution in [0.1, 0.15) is 44.2 Å². The van der Waals surface area contributed by atoms with Crippen molar-refractivity contribution in [3.05, 3.63) is 29.3 Å². The van der Waals surface area contributed by atoms with E-state index in [0.29, 0.717) is 0 Å². The Morgan fingerprint density at radius 2 is 2.00 bits per heavy atom. The molecule has 86 valence electrons. The van der Waals surface area contributed by atoms with Crippen molar-refractivity contribution in [3.63, 3.8) is 0 Å². The number of hydrogen-bond donors (Lipinski definition) is 1. The Balaban J connectivity index is 2.06. The normalized spacial score (nSPS) is 24.4. The van der Waals surface area contributed by atoms with Crippen LogP contribution in [0.25, 0.3) is 0 Å². The Hall–Kier alpha value is -1.02. The Labute approximate surface area is 96.8 Å². The highest BCUT2D eigenvalue weighted by Gasteiger charge is 2.40. The molecule has 0 unspecified atom stereocenters. The van der Waals surface area contributed by atoms with E-state index in [1.54, 1.807) is 0 Å². The molecule has 2 heteroatoms. The quantitative estimate of drug-likeness (QED) is 0.785. The zero-order chi connectivity index (χ0) is 11.4. The van der Waals surface area contributed by atoms with E-state index in [0.717, 1.165) is 25.0 Å². The molecular weight excluding hydrogens is 198 g/mol. The van der Waals surface area contributed by atoms with E-state index < -0.39 is 0 Å². The first-order valence-corrected chi connectivity index (χ1v) is 6.11. The van der Waals surface area contributed by atoms with Crippen LogP contribution in [0.2, 0.25) is 0 Å². The largest absolute Gasteiger partial charge is 0.487 e. The molecule has 1 heterocycles. The highest BCUT2D eigenvalue weighted by molar-refractivity contribution is 5.49. The lowest BCUT2D eigenvalue weighted by atomic mass is 9.72. The van der Waals surface area contributed by atoms with Crippen molar-refractivity contribution in [3.8, 4) is 5.75 Å². The molecule has 2 nitrogen and oxygen atoms in total. The van der Waals surface area contributed by atoms with Crippen molar-refractivity contribution in [1.29, 1.82) is 0 Å².